The van der Waals surface area contributed by atoms with Crippen molar-refractivity contribution in [2.24, 2.45) is 0 Å². The molecule has 1 aromatic rings. The Morgan fingerprint density at radius 3 is 2.52 bits per heavy atom. The van der Waals surface area contributed by atoms with E-state index in [1.165, 1.54) is 5.56 Å². The van der Waals surface area contributed by atoms with Crippen LogP contribution >= 0.6 is 0 Å². The molecule has 0 bridgehead atoms. The molecular weight excluding hydrogens is 264 g/mol. The predicted octanol–water partition coefficient (Wildman–Crippen LogP) is 3.25. The maximum absolute atomic E-state index is 11.1. The molecule has 1 unspecified atom stereocenters. The molecule has 0 heterocycles. The molecule has 0 radical (unpaired) electrons. The summed E-state index contributed by atoms with van der Waals surface area (Å²) in [6.45, 7) is 3.64. The van der Waals surface area contributed by atoms with Crippen molar-refractivity contribution in [3.8, 4) is 0 Å². The van der Waals surface area contributed by atoms with Crippen LogP contribution in [0.3, 0.4) is 0 Å². The van der Waals surface area contributed by atoms with Crippen molar-refractivity contribution < 1.29 is 9.53 Å². The second-order valence-electron chi connectivity index (χ2n) is 5.90. The van der Waals surface area contributed by atoms with Gasteiger partial charge in [-0.25, -0.2) is 0 Å². The van der Waals surface area contributed by atoms with Gasteiger partial charge >= 0.3 is 0 Å². The second kappa shape index (κ2) is 7.46. The first-order chi connectivity index (χ1) is 10.1. The molecule has 0 spiro atoms. The fourth-order valence-electron chi connectivity index (χ4n) is 2.92. The minimum atomic E-state index is 0.0765. The van der Waals surface area contributed by atoms with Crippen molar-refractivity contribution in [2.45, 2.75) is 57.7 Å². The third-order valence-electron chi connectivity index (χ3n) is 4.21. The van der Waals surface area contributed by atoms with Gasteiger partial charge in [-0.2, -0.15) is 0 Å². The molecular formula is C17H26N2O2. The van der Waals surface area contributed by atoms with E-state index in [0.717, 1.165) is 31.4 Å². The van der Waals surface area contributed by atoms with Crippen LogP contribution in [0.15, 0.2) is 24.3 Å². The molecule has 0 aliphatic heterocycles. The van der Waals surface area contributed by atoms with E-state index in [4.69, 9.17) is 4.74 Å². The van der Waals surface area contributed by atoms with Crippen molar-refractivity contribution in [3.05, 3.63) is 29.8 Å². The van der Waals surface area contributed by atoms with Crippen LogP contribution in [0.4, 0.5) is 5.69 Å². The molecule has 2 N–H and O–H groups in total. The Balaban J connectivity index is 1.87. The first-order valence-corrected chi connectivity index (χ1v) is 7.75. The minimum Gasteiger partial charge on any atom is -0.382 e. The molecule has 0 saturated heterocycles. The van der Waals surface area contributed by atoms with Crippen molar-refractivity contribution >= 4 is 11.6 Å². The summed E-state index contributed by atoms with van der Waals surface area (Å²) in [6, 6.07) is 9.26. The summed E-state index contributed by atoms with van der Waals surface area (Å²) in [6.07, 6.45) is 4.39. The highest BCUT2D eigenvalue weighted by atomic mass is 16.5. The lowest BCUT2D eigenvalue weighted by Gasteiger charge is -2.30. The number of anilines is 1. The van der Waals surface area contributed by atoms with Crippen LogP contribution in [0, 0.1) is 0 Å². The Bertz CT molecular complexity index is 468. The van der Waals surface area contributed by atoms with Crippen molar-refractivity contribution in [3.63, 3.8) is 0 Å². The van der Waals surface area contributed by atoms with Crippen molar-refractivity contribution in [1.29, 1.82) is 0 Å². The van der Waals surface area contributed by atoms with E-state index in [0.29, 0.717) is 12.1 Å². The summed E-state index contributed by atoms with van der Waals surface area (Å²) < 4.78 is 5.36. The number of benzene rings is 1. The molecule has 1 saturated carbocycles. The zero-order valence-corrected chi connectivity index (χ0v) is 13.2. The van der Waals surface area contributed by atoms with E-state index >= 15 is 0 Å². The number of methoxy groups -OCH3 is 1. The van der Waals surface area contributed by atoms with Crippen LogP contribution in [0.1, 0.15) is 51.2 Å². The SMILES string of the molecule is COC(C)c1cccc(NC2CCC(NC(C)=O)CC2)c1. The van der Waals surface area contributed by atoms with Gasteiger partial charge < -0.3 is 15.4 Å². The van der Waals surface area contributed by atoms with Crippen molar-refractivity contribution in [1.82, 2.24) is 5.32 Å². The van der Waals surface area contributed by atoms with Gasteiger partial charge in [0.1, 0.15) is 0 Å². The van der Waals surface area contributed by atoms with Crippen LogP contribution in [0.2, 0.25) is 0 Å². The molecule has 0 aromatic heterocycles. The lowest BCUT2D eigenvalue weighted by molar-refractivity contribution is -0.119. The molecule has 116 valence electrons. The highest BCUT2D eigenvalue weighted by molar-refractivity contribution is 5.73. The third kappa shape index (κ3) is 4.74. The van der Waals surface area contributed by atoms with Crippen LogP contribution in [-0.4, -0.2) is 25.1 Å². The van der Waals surface area contributed by atoms with E-state index in [9.17, 15) is 4.79 Å². The van der Waals surface area contributed by atoms with Crippen LogP contribution in [0.25, 0.3) is 0 Å². The van der Waals surface area contributed by atoms with Crippen molar-refractivity contribution in [2.75, 3.05) is 12.4 Å². The third-order valence-corrected chi connectivity index (χ3v) is 4.21. The summed E-state index contributed by atoms with van der Waals surface area (Å²) >= 11 is 0. The zero-order chi connectivity index (χ0) is 15.2. The molecule has 1 atom stereocenters. The summed E-state index contributed by atoms with van der Waals surface area (Å²) in [7, 11) is 1.73. The lowest BCUT2D eigenvalue weighted by Crippen LogP contribution is -2.39. The standard InChI is InChI=1S/C17H26N2O2/c1-12(21-3)14-5-4-6-17(11-14)19-16-9-7-15(8-10-16)18-13(2)20/h4-6,11-12,15-16,19H,7-10H2,1-3H3,(H,18,20). The molecule has 1 fully saturated rings. The maximum Gasteiger partial charge on any atom is 0.217 e. The molecule has 4 nitrogen and oxygen atoms in total. The zero-order valence-electron chi connectivity index (χ0n) is 13.2. The summed E-state index contributed by atoms with van der Waals surface area (Å²) in [5.74, 6) is 0.0765. The topological polar surface area (TPSA) is 50.4 Å². The average Bonchev–Trinajstić information content (AvgIpc) is 2.48. The van der Waals surface area contributed by atoms with E-state index in [-0.39, 0.29) is 12.0 Å². The number of hydrogen-bond acceptors (Lipinski definition) is 3. The number of nitrogens with one attached hydrogen (secondary N) is 2. The Morgan fingerprint density at radius 2 is 1.90 bits per heavy atom. The number of ether oxygens (including phenoxy) is 1. The fraction of sp³-hybridized carbons (Fsp3) is 0.588. The predicted molar refractivity (Wildman–Crippen MR) is 85.3 cm³/mol. The number of carbonyl (C=O) groups excluding carboxylic acids is 1. The fourth-order valence-corrected chi connectivity index (χ4v) is 2.92. The largest absolute Gasteiger partial charge is 0.382 e. The van der Waals surface area contributed by atoms with Gasteiger partial charge in [0.15, 0.2) is 0 Å². The molecule has 1 aliphatic rings. The monoisotopic (exact) mass is 290 g/mol. The summed E-state index contributed by atoms with van der Waals surface area (Å²) in [5.41, 5.74) is 2.34. The van der Waals surface area contributed by atoms with Crippen LogP contribution < -0.4 is 10.6 Å². The lowest BCUT2D eigenvalue weighted by atomic mass is 9.91. The Morgan fingerprint density at radius 1 is 1.24 bits per heavy atom. The van der Waals surface area contributed by atoms with Gasteiger partial charge in [0.05, 0.1) is 6.10 Å². The molecule has 1 aliphatic carbocycles. The van der Waals surface area contributed by atoms with Gasteiger partial charge in [0.25, 0.3) is 0 Å². The van der Waals surface area contributed by atoms with E-state index in [1.54, 1.807) is 14.0 Å². The second-order valence-corrected chi connectivity index (χ2v) is 5.90. The smallest absolute Gasteiger partial charge is 0.217 e. The molecule has 2 rings (SSSR count). The highest BCUT2D eigenvalue weighted by Gasteiger charge is 2.21. The number of rotatable bonds is 5. The first-order valence-electron chi connectivity index (χ1n) is 7.75. The van der Waals surface area contributed by atoms with Crippen LogP contribution in [-0.2, 0) is 9.53 Å². The summed E-state index contributed by atoms with van der Waals surface area (Å²) in [5, 5.41) is 6.62. The van der Waals surface area contributed by atoms with Gasteiger partial charge in [0, 0.05) is 31.8 Å². The Kier molecular flexibility index (Phi) is 5.62. The van der Waals surface area contributed by atoms with Gasteiger partial charge in [-0.3, -0.25) is 4.79 Å². The molecule has 1 amide bonds. The van der Waals surface area contributed by atoms with E-state index in [1.807, 2.05) is 0 Å². The number of amides is 1. The van der Waals surface area contributed by atoms with Crippen LogP contribution in [0.5, 0.6) is 0 Å². The van der Waals surface area contributed by atoms with E-state index in [2.05, 4.69) is 41.8 Å². The molecule has 4 heteroatoms. The van der Waals surface area contributed by atoms with E-state index < -0.39 is 0 Å². The molecule has 21 heavy (non-hydrogen) atoms. The Hall–Kier alpha value is -1.55. The average molecular weight is 290 g/mol. The Labute approximate surface area is 127 Å². The molecule has 1 aromatic carbocycles. The van der Waals surface area contributed by atoms with Gasteiger partial charge in [0.2, 0.25) is 5.91 Å². The van der Waals surface area contributed by atoms with Gasteiger partial charge in [-0.1, -0.05) is 12.1 Å². The minimum absolute atomic E-state index is 0.0765. The number of carbonyl (C=O) groups is 1. The first kappa shape index (κ1) is 15.8. The summed E-state index contributed by atoms with van der Waals surface area (Å²) in [4.78, 5) is 11.1. The normalized spacial score (nSPS) is 23.4. The van der Waals surface area contributed by atoms with Gasteiger partial charge in [-0.15, -0.1) is 0 Å². The maximum atomic E-state index is 11.1. The number of hydrogen-bond donors (Lipinski definition) is 2. The van der Waals surface area contributed by atoms with Gasteiger partial charge in [-0.05, 0) is 50.3 Å². The quantitative estimate of drug-likeness (QED) is 0.875. The highest BCUT2D eigenvalue weighted by Crippen LogP contribution is 2.24.